The number of hydrogen-bond donors (Lipinski definition) is 2. The Morgan fingerprint density at radius 2 is 2.00 bits per heavy atom. The van der Waals surface area contributed by atoms with Crippen LogP contribution in [-0.2, 0) is 4.79 Å². The lowest BCUT2D eigenvalue weighted by molar-refractivity contribution is -0.118. The van der Waals surface area contributed by atoms with E-state index >= 15 is 0 Å². The van der Waals surface area contributed by atoms with Crippen molar-refractivity contribution in [3.05, 3.63) is 47.5 Å². The highest BCUT2D eigenvalue weighted by molar-refractivity contribution is 6.33. The molecule has 0 bridgehead atoms. The maximum atomic E-state index is 11.8. The molecule has 0 saturated heterocycles. The maximum Gasteiger partial charge on any atom is 0.262 e. The lowest BCUT2D eigenvalue weighted by atomic mass is 10.3. The second-order valence-corrected chi connectivity index (χ2v) is 4.66. The van der Waals surface area contributed by atoms with Crippen molar-refractivity contribution in [3.8, 4) is 11.5 Å². The lowest BCUT2D eigenvalue weighted by Gasteiger charge is -2.10. The average molecular weight is 307 g/mol. The second kappa shape index (κ2) is 6.85. The summed E-state index contributed by atoms with van der Waals surface area (Å²) in [6.07, 6.45) is 0. The number of anilines is 2. The van der Waals surface area contributed by atoms with E-state index in [1.54, 1.807) is 49.6 Å². The maximum absolute atomic E-state index is 11.8. The van der Waals surface area contributed by atoms with Crippen molar-refractivity contribution in [2.75, 3.05) is 24.8 Å². The molecule has 3 N–H and O–H groups in total. The molecule has 0 heterocycles. The number of halogens is 1. The fourth-order valence-electron chi connectivity index (χ4n) is 1.66. The van der Waals surface area contributed by atoms with E-state index in [-0.39, 0.29) is 12.5 Å². The van der Waals surface area contributed by atoms with Gasteiger partial charge < -0.3 is 20.5 Å². The fraction of sp³-hybridized carbons (Fsp3) is 0.133. The Labute approximate surface area is 127 Å². The third-order valence-electron chi connectivity index (χ3n) is 2.68. The predicted molar refractivity (Wildman–Crippen MR) is 83.0 cm³/mol. The molecule has 2 aromatic carbocycles. The summed E-state index contributed by atoms with van der Waals surface area (Å²) in [4.78, 5) is 11.8. The Balaban J connectivity index is 1.94. The molecule has 6 heteroatoms. The lowest BCUT2D eigenvalue weighted by Crippen LogP contribution is -2.20. The van der Waals surface area contributed by atoms with E-state index in [1.165, 1.54) is 0 Å². The first kappa shape index (κ1) is 15.0. The van der Waals surface area contributed by atoms with Crippen molar-refractivity contribution in [3.63, 3.8) is 0 Å². The minimum absolute atomic E-state index is 0.141. The molecule has 5 nitrogen and oxygen atoms in total. The third kappa shape index (κ3) is 4.29. The van der Waals surface area contributed by atoms with Gasteiger partial charge in [-0.25, -0.2) is 0 Å². The fourth-order valence-corrected chi connectivity index (χ4v) is 1.83. The van der Waals surface area contributed by atoms with Crippen LogP contribution in [0.15, 0.2) is 42.5 Å². The van der Waals surface area contributed by atoms with Gasteiger partial charge in [-0.05, 0) is 30.3 Å². The molecule has 1 amide bonds. The van der Waals surface area contributed by atoms with Crippen molar-refractivity contribution >= 4 is 28.9 Å². The van der Waals surface area contributed by atoms with Gasteiger partial charge in [-0.2, -0.15) is 0 Å². The number of amides is 1. The predicted octanol–water partition coefficient (Wildman–Crippen LogP) is 2.95. The molecule has 2 rings (SSSR count). The monoisotopic (exact) mass is 306 g/mol. The molecule has 0 aromatic heterocycles. The number of nitrogens with two attached hydrogens (primary N) is 1. The Morgan fingerprint density at radius 3 is 2.76 bits per heavy atom. The average Bonchev–Trinajstić information content (AvgIpc) is 2.49. The molecule has 0 fully saturated rings. The van der Waals surface area contributed by atoms with Crippen LogP contribution in [0.25, 0.3) is 0 Å². The number of ether oxygens (including phenoxy) is 2. The number of nitrogens with one attached hydrogen (secondary N) is 1. The Kier molecular flexibility index (Phi) is 4.90. The largest absolute Gasteiger partial charge is 0.497 e. The summed E-state index contributed by atoms with van der Waals surface area (Å²) in [7, 11) is 1.56. The molecule has 0 spiro atoms. The highest BCUT2D eigenvalue weighted by Gasteiger charge is 2.07. The molecular weight excluding hydrogens is 292 g/mol. The van der Waals surface area contributed by atoms with Gasteiger partial charge in [0.25, 0.3) is 5.91 Å². The van der Waals surface area contributed by atoms with Crippen LogP contribution >= 0.6 is 11.6 Å². The summed E-state index contributed by atoms with van der Waals surface area (Å²) < 4.78 is 10.5. The zero-order valence-corrected chi connectivity index (χ0v) is 12.2. The number of carbonyl (C=O) groups is 1. The first-order valence-electron chi connectivity index (χ1n) is 6.20. The summed E-state index contributed by atoms with van der Waals surface area (Å²) in [5, 5.41) is 3.06. The number of rotatable bonds is 5. The Bertz CT molecular complexity index is 647. The molecular formula is C15H15ClN2O3. The highest BCUT2D eigenvalue weighted by Crippen LogP contribution is 2.24. The molecule has 0 saturated carbocycles. The SMILES string of the molecule is COc1cccc(OCC(=O)Nc2cc(N)ccc2Cl)c1. The quantitative estimate of drug-likeness (QED) is 0.833. The zero-order valence-electron chi connectivity index (χ0n) is 11.4. The molecule has 0 aliphatic rings. The van der Waals surface area contributed by atoms with Gasteiger partial charge in [0.2, 0.25) is 0 Å². The van der Waals surface area contributed by atoms with Gasteiger partial charge in [-0.3, -0.25) is 4.79 Å². The number of carbonyl (C=O) groups excluding carboxylic acids is 1. The van der Waals surface area contributed by atoms with Gasteiger partial charge in [0.05, 0.1) is 17.8 Å². The van der Waals surface area contributed by atoms with Crippen LogP contribution in [0.1, 0.15) is 0 Å². The molecule has 0 atom stereocenters. The summed E-state index contributed by atoms with van der Waals surface area (Å²) in [6.45, 7) is -0.141. The highest BCUT2D eigenvalue weighted by atomic mass is 35.5. The summed E-state index contributed by atoms with van der Waals surface area (Å²) in [5.41, 5.74) is 6.62. The third-order valence-corrected chi connectivity index (χ3v) is 3.01. The number of methoxy groups -OCH3 is 1. The van der Waals surface area contributed by atoms with Crippen molar-refractivity contribution in [1.29, 1.82) is 0 Å². The van der Waals surface area contributed by atoms with Gasteiger partial charge in [-0.1, -0.05) is 17.7 Å². The van der Waals surface area contributed by atoms with Crippen LogP contribution in [0.3, 0.4) is 0 Å². The first-order chi connectivity index (χ1) is 10.1. The molecule has 110 valence electrons. The van der Waals surface area contributed by atoms with E-state index in [2.05, 4.69) is 5.32 Å². The van der Waals surface area contributed by atoms with Crippen LogP contribution in [0.4, 0.5) is 11.4 Å². The first-order valence-corrected chi connectivity index (χ1v) is 6.58. The number of nitrogen functional groups attached to an aromatic ring is 1. The van der Waals surface area contributed by atoms with E-state index in [0.717, 1.165) is 0 Å². The number of hydrogen-bond acceptors (Lipinski definition) is 4. The Hall–Kier alpha value is -2.40. The zero-order chi connectivity index (χ0) is 15.2. The van der Waals surface area contributed by atoms with Gasteiger partial charge in [0, 0.05) is 11.8 Å². The minimum atomic E-state index is -0.328. The van der Waals surface area contributed by atoms with E-state index < -0.39 is 0 Å². The van der Waals surface area contributed by atoms with Crippen molar-refractivity contribution in [2.24, 2.45) is 0 Å². The van der Waals surface area contributed by atoms with Gasteiger partial charge in [0.15, 0.2) is 6.61 Å². The van der Waals surface area contributed by atoms with E-state index in [1.807, 2.05) is 0 Å². The number of benzene rings is 2. The van der Waals surface area contributed by atoms with E-state index in [9.17, 15) is 4.79 Å². The molecule has 2 aromatic rings. The van der Waals surface area contributed by atoms with Gasteiger partial charge >= 0.3 is 0 Å². The molecule has 0 radical (unpaired) electrons. The normalized spacial score (nSPS) is 10.0. The topological polar surface area (TPSA) is 73.6 Å². The summed E-state index contributed by atoms with van der Waals surface area (Å²) in [5.74, 6) is 0.875. The van der Waals surface area contributed by atoms with Crippen LogP contribution in [0.5, 0.6) is 11.5 Å². The van der Waals surface area contributed by atoms with Crippen molar-refractivity contribution in [1.82, 2.24) is 0 Å². The molecule has 0 aliphatic heterocycles. The van der Waals surface area contributed by atoms with Gasteiger partial charge in [0.1, 0.15) is 11.5 Å². The van der Waals surface area contributed by atoms with E-state index in [4.69, 9.17) is 26.8 Å². The van der Waals surface area contributed by atoms with Crippen LogP contribution in [-0.4, -0.2) is 19.6 Å². The van der Waals surface area contributed by atoms with Crippen molar-refractivity contribution in [2.45, 2.75) is 0 Å². The smallest absolute Gasteiger partial charge is 0.262 e. The summed E-state index contributed by atoms with van der Waals surface area (Å²) >= 11 is 5.97. The van der Waals surface area contributed by atoms with Crippen LogP contribution in [0.2, 0.25) is 5.02 Å². The second-order valence-electron chi connectivity index (χ2n) is 4.26. The van der Waals surface area contributed by atoms with E-state index in [0.29, 0.717) is 27.9 Å². The van der Waals surface area contributed by atoms with Crippen LogP contribution < -0.4 is 20.5 Å². The molecule has 0 unspecified atom stereocenters. The minimum Gasteiger partial charge on any atom is -0.497 e. The molecule has 0 aliphatic carbocycles. The Morgan fingerprint density at radius 1 is 1.24 bits per heavy atom. The standard InChI is InChI=1S/C15H15ClN2O3/c1-20-11-3-2-4-12(8-11)21-9-15(19)18-14-7-10(17)5-6-13(14)16/h2-8H,9,17H2,1H3,(H,18,19). The van der Waals surface area contributed by atoms with Crippen LogP contribution in [0, 0.1) is 0 Å². The van der Waals surface area contributed by atoms with Crippen molar-refractivity contribution < 1.29 is 14.3 Å². The van der Waals surface area contributed by atoms with Gasteiger partial charge in [-0.15, -0.1) is 0 Å². The summed E-state index contributed by atoms with van der Waals surface area (Å²) in [6, 6.07) is 11.9. The molecule has 21 heavy (non-hydrogen) atoms.